The normalized spacial score (nSPS) is 17.8. The van der Waals surface area contributed by atoms with Crippen molar-refractivity contribution in [2.75, 3.05) is 7.11 Å². The molecule has 1 fully saturated rings. The zero-order valence-corrected chi connectivity index (χ0v) is 18.7. The van der Waals surface area contributed by atoms with Crippen LogP contribution in [-0.2, 0) is 11.4 Å². The highest BCUT2D eigenvalue weighted by Gasteiger charge is 2.29. The largest absolute Gasteiger partial charge is 0.493 e. The van der Waals surface area contributed by atoms with Gasteiger partial charge in [0.2, 0.25) is 0 Å². The van der Waals surface area contributed by atoms with Crippen molar-refractivity contribution >= 4 is 12.1 Å². The highest BCUT2D eigenvalue weighted by atomic mass is 16.5. The molecule has 7 nitrogen and oxygen atoms in total. The molecule has 0 aliphatic carbocycles. The fourth-order valence-corrected chi connectivity index (χ4v) is 3.62. The number of amides is 1. The first-order valence-electron chi connectivity index (χ1n) is 10.9. The van der Waals surface area contributed by atoms with E-state index < -0.39 is 0 Å². The summed E-state index contributed by atoms with van der Waals surface area (Å²) in [4.78, 5) is 12.5. The maximum atomic E-state index is 12.5. The minimum atomic E-state index is -0.367. The molecule has 33 heavy (non-hydrogen) atoms. The van der Waals surface area contributed by atoms with Crippen LogP contribution < -0.4 is 25.8 Å². The molecule has 4 rings (SSSR count). The monoisotopic (exact) mass is 444 g/mol. The van der Waals surface area contributed by atoms with E-state index in [9.17, 15) is 4.79 Å². The highest BCUT2D eigenvalue weighted by Crippen LogP contribution is 2.28. The van der Waals surface area contributed by atoms with Crippen LogP contribution in [0, 0.1) is 6.92 Å². The number of hydrogen-bond acceptors (Lipinski definition) is 6. The van der Waals surface area contributed by atoms with E-state index in [2.05, 4.69) is 52.6 Å². The number of hydrazine groups is 1. The molecule has 0 radical (unpaired) electrons. The second-order valence-corrected chi connectivity index (χ2v) is 7.96. The maximum Gasteiger partial charge on any atom is 0.258 e. The van der Waals surface area contributed by atoms with Gasteiger partial charge in [-0.1, -0.05) is 60.2 Å². The Labute approximate surface area is 193 Å². The van der Waals surface area contributed by atoms with Crippen molar-refractivity contribution in [3.63, 3.8) is 0 Å². The fourth-order valence-electron chi connectivity index (χ4n) is 3.62. The summed E-state index contributed by atoms with van der Waals surface area (Å²) in [5, 5.41) is 4.12. The van der Waals surface area contributed by atoms with Gasteiger partial charge in [0.05, 0.1) is 13.3 Å². The Bertz CT molecular complexity index is 1100. The molecular formula is C26H28N4O3. The van der Waals surface area contributed by atoms with Gasteiger partial charge in [0.1, 0.15) is 12.6 Å². The minimum Gasteiger partial charge on any atom is -0.493 e. The molecule has 0 bridgehead atoms. The van der Waals surface area contributed by atoms with Gasteiger partial charge in [-0.05, 0) is 48.2 Å². The van der Waals surface area contributed by atoms with Gasteiger partial charge in [0.15, 0.2) is 11.5 Å². The van der Waals surface area contributed by atoms with Gasteiger partial charge >= 0.3 is 0 Å². The summed E-state index contributed by atoms with van der Waals surface area (Å²) in [6, 6.07) is 23.4. The molecule has 7 heteroatoms. The van der Waals surface area contributed by atoms with E-state index in [1.165, 1.54) is 5.56 Å². The topological polar surface area (TPSA) is 84.0 Å². The van der Waals surface area contributed by atoms with Crippen molar-refractivity contribution in [3.8, 4) is 11.5 Å². The molecule has 0 aromatic heterocycles. The van der Waals surface area contributed by atoms with E-state index in [1.54, 1.807) is 13.3 Å². The number of nitrogens with one attached hydrogen (secondary N) is 3. The second kappa shape index (κ2) is 10.8. The van der Waals surface area contributed by atoms with Crippen LogP contribution in [0.15, 0.2) is 77.9 Å². The quantitative estimate of drug-likeness (QED) is 0.365. The third-order valence-corrected chi connectivity index (χ3v) is 5.51. The number of hydrazone groups is 1. The Balaban J connectivity index is 1.33. The number of rotatable bonds is 8. The Morgan fingerprint density at radius 1 is 1.06 bits per heavy atom. The summed E-state index contributed by atoms with van der Waals surface area (Å²) >= 11 is 0. The Hall–Kier alpha value is -3.68. The average molecular weight is 445 g/mol. The molecule has 3 aromatic carbocycles. The van der Waals surface area contributed by atoms with Gasteiger partial charge in [-0.25, -0.2) is 16.3 Å². The van der Waals surface area contributed by atoms with Crippen LogP contribution in [0.3, 0.4) is 0 Å². The summed E-state index contributed by atoms with van der Waals surface area (Å²) in [6.45, 7) is 2.48. The van der Waals surface area contributed by atoms with Crippen molar-refractivity contribution in [2.45, 2.75) is 32.0 Å². The lowest BCUT2D eigenvalue weighted by Crippen LogP contribution is -2.41. The number of aryl methyl sites for hydroxylation is 1. The Morgan fingerprint density at radius 3 is 2.61 bits per heavy atom. The lowest BCUT2D eigenvalue weighted by atomic mass is 10.0. The van der Waals surface area contributed by atoms with E-state index in [-0.39, 0.29) is 18.0 Å². The van der Waals surface area contributed by atoms with Crippen molar-refractivity contribution in [3.05, 3.63) is 95.1 Å². The van der Waals surface area contributed by atoms with Gasteiger partial charge in [-0.2, -0.15) is 5.10 Å². The molecule has 1 aliphatic rings. The molecule has 0 spiro atoms. The van der Waals surface area contributed by atoms with Gasteiger partial charge in [0.25, 0.3) is 5.91 Å². The van der Waals surface area contributed by atoms with Crippen LogP contribution in [0.25, 0.3) is 0 Å². The van der Waals surface area contributed by atoms with Crippen molar-refractivity contribution < 1.29 is 14.3 Å². The maximum absolute atomic E-state index is 12.5. The smallest absolute Gasteiger partial charge is 0.258 e. The number of carbonyl (C=O) groups excluding carboxylic acids is 1. The van der Waals surface area contributed by atoms with Crippen LogP contribution in [0.1, 0.15) is 34.7 Å². The Morgan fingerprint density at radius 2 is 1.85 bits per heavy atom. The predicted octanol–water partition coefficient (Wildman–Crippen LogP) is 3.64. The van der Waals surface area contributed by atoms with Crippen LogP contribution in [0.2, 0.25) is 0 Å². The summed E-state index contributed by atoms with van der Waals surface area (Å²) in [5.41, 5.74) is 13.1. The third kappa shape index (κ3) is 5.97. The molecule has 1 amide bonds. The number of benzene rings is 3. The second-order valence-electron chi connectivity index (χ2n) is 7.96. The van der Waals surface area contributed by atoms with E-state index in [0.717, 1.165) is 16.7 Å². The summed E-state index contributed by atoms with van der Waals surface area (Å²) in [7, 11) is 1.60. The molecule has 1 heterocycles. The average Bonchev–Trinajstić information content (AvgIpc) is 3.34. The Kier molecular flexibility index (Phi) is 7.34. The first-order valence-corrected chi connectivity index (χ1v) is 10.9. The third-order valence-electron chi connectivity index (χ3n) is 5.51. The fraction of sp³-hybridized carbons (Fsp3) is 0.231. The van der Waals surface area contributed by atoms with Crippen LogP contribution in [-0.4, -0.2) is 25.3 Å². The zero-order valence-electron chi connectivity index (χ0n) is 18.7. The van der Waals surface area contributed by atoms with Crippen LogP contribution in [0.4, 0.5) is 0 Å². The van der Waals surface area contributed by atoms with Gasteiger partial charge < -0.3 is 9.47 Å². The van der Waals surface area contributed by atoms with E-state index in [0.29, 0.717) is 24.5 Å². The summed E-state index contributed by atoms with van der Waals surface area (Å²) < 4.78 is 11.3. The summed E-state index contributed by atoms with van der Waals surface area (Å²) in [5.74, 6) is 1.05. The number of ether oxygens (including phenoxy) is 2. The first-order chi connectivity index (χ1) is 16.1. The molecule has 1 saturated heterocycles. The molecular weight excluding hydrogens is 416 g/mol. The van der Waals surface area contributed by atoms with Gasteiger partial charge in [-0.3, -0.25) is 4.79 Å². The molecule has 2 unspecified atom stereocenters. The van der Waals surface area contributed by atoms with Crippen LogP contribution >= 0.6 is 0 Å². The highest BCUT2D eigenvalue weighted by molar-refractivity contribution is 5.85. The van der Waals surface area contributed by atoms with Gasteiger partial charge in [-0.15, -0.1) is 0 Å². The number of methoxy groups -OCH3 is 1. The summed E-state index contributed by atoms with van der Waals surface area (Å²) in [6.07, 6.45) is 2.23. The minimum absolute atomic E-state index is 0.0799. The standard InChI is InChI=1S/C26H28N4O3/c1-18-8-11-21(12-9-18)22-15-23(29-28-22)26(31)30-27-16-20-10-13-24(32-2)25(14-20)33-17-19-6-4-3-5-7-19/h3-14,16,22-23,28-29H,15,17H2,1-2H3,(H,30,31)/b27-16+. The molecule has 1 aliphatic heterocycles. The van der Waals surface area contributed by atoms with Crippen molar-refractivity contribution in [1.82, 2.24) is 16.3 Å². The number of carbonyl (C=O) groups is 1. The molecule has 3 aromatic rings. The molecule has 170 valence electrons. The first kappa shape index (κ1) is 22.5. The van der Waals surface area contributed by atoms with Crippen molar-refractivity contribution in [1.29, 1.82) is 0 Å². The SMILES string of the molecule is COc1ccc(/C=N/NC(=O)C2CC(c3ccc(C)cc3)NN2)cc1OCc1ccccc1. The zero-order chi connectivity index (χ0) is 23.0. The van der Waals surface area contributed by atoms with E-state index >= 15 is 0 Å². The number of nitrogens with zero attached hydrogens (tertiary/aromatic N) is 1. The molecule has 3 N–H and O–H groups in total. The van der Waals surface area contributed by atoms with E-state index in [1.807, 2.05) is 48.5 Å². The number of hydrogen-bond donors (Lipinski definition) is 3. The molecule has 0 saturated carbocycles. The van der Waals surface area contributed by atoms with Gasteiger partial charge in [0, 0.05) is 6.04 Å². The molecule has 2 atom stereocenters. The lowest BCUT2D eigenvalue weighted by molar-refractivity contribution is -0.122. The van der Waals surface area contributed by atoms with Crippen molar-refractivity contribution in [2.24, 2.45) is 5.10 Å². The van der Waals surface area contributed by atoms with E-state index in [4.69, 9.17) is 9.47 Å². The lowest BCUT2D eigenvalue weighted by Gasteiger charge is -2.11. The van der Waals surface area contributed by atoms with Crippen LogP contribution in [0.5, 0.6) is 11.5 Å². The predicted molar refractivity (Wildman–Crippen MR) is 128 cm³/mol.